The Kier molecular flexibility index (Phi) is 4.13. The predicted molar refractivity (Wildman–Crippen MR) is 147 cm³/mol. The van der Waals surface area contributed by atoms with Gasteiger partial charge in [-0.25, -0.2) is 0 Å². The maximum absolute atomic E-state index is 3.79. The van der Waals surface area contributed by atoms with Crippen molar-refractivity contribution < 1.29 is 0 Å². The van der Waals surface area contributed by atoms with Gasteiger partial charge in [-0.05, 0) is 59.9 Å². The third kappa shape index (κ3) is 2.46. The van der Waals surface area contributed by atoms with E-state index in [2.05, 4.69) is 100 Å². The molecule has 0 radical (unpaired) electrons. The lowest BCUT2D eigenvalue weighted by Gasteiger charge is -2.07. The van der Waals surface area contributed by atoms with Crippen molar-refractivity contribution in [1.29, 1.82) is 0 Å². The third-order valence-corrected chi connectivity index (χ3v) is 7.33. The smallest absolute Gasteiger partial charge is 0.0638 e. The van der Waals surface area contributed by atoms with E-state index in [9.17, 15) is 0 Å². The highest BCUT2D eigenvalue weighted by atomic mass is 14.9. The van der Waals surface area contributed by atoms with Crippen LogP contribution in [0.25, 0.3) is 66.2 Å². The number of aryl methyl sites for hydroxylation is 1. The Labute approximate surface area is 198 Å². The zero-order valence-electron chi connectivity index (χ0n) is 19.5. The fourth-order valence-electron chi connectivity index (χ4n) is 5.94. The lowest BCUT2D eigenvalue weighted by molar-refractivity contribution is 0.985. The fraction of sp³-hybridized carbons (Fsp3) is 0.125. The molecule has 0 saturated carbocycles. The molecule has 0 spiro atoms. The van der Waals surface area contributed by atoms with Crippen molar-refractivity contribution in [2.75, 3.05) is 0 Å². The van der Waals surface area contributed by atoms with Gasteiger partial charge in [-0.15, -0.1) is 0 Å². The second-order valence-electron chi connectivity index (χ2n) is 8.98. The molecule has 0 unspecified atom stereocenters. The first-order valence-corrected chi connectivity index (χ1v) is 12.4. The van der Waals surface area contributed by atoms with Crippen LogP contribution in [0.5, 0.6) is 0 Å². The first-order chi connectivity index (χ1) is 16.9. The number of benzene rings is 4. The number of allylic oxidation sites excluding steroid dienone is 1. The second kappa shape index (κ2) is 7.23. The number of rotatable bonds is 1. The van der Waals surface area contributed by atoms with Gasteiger partial charge < -0.3 is 9.38 Å². The highest BCUT2D eigenvalue weighted by Crippen LogP contribution is 2.45. The van der Waals surface area contributed by atoms with E-state index < -0.39 is 0 Å². The topological polar surface area (TPSA) is 20.2 Å². The summed E-state index contributed by atoms with van der Waals surface area (Å²) in [6.45, 7) is 4.00. The maximum Gasteiger partial charge on any atom is 0.0638 e. The second-order valence-corrected chi connectivity index (χ2v) is 8.98. The molecular formula is C32H26N2. The zero-order chi connectivity index (χ0) is 22.8. The van der Waals surface area contributed by atoms with Crippen molar-refractivity contribution in [1.82, 2.24) is 9.38 Å². The van der Waals surface area contributed by atoms with Gasteiger partial charge in [-0.3, -0.25) is 0 Å². The van der Waals surface area contributed by atoms with Crippen molar-refractivity contribution in [3.63, 3.8) is 0 Å². The number of aromatic amines is 1. The van der Waals surface area contributed by atoms with Crippen molar-refractivity contribution in [2.45, 2.75) is 26.7 Å². The van der Waals surface area contributed by atoms with Gasteiger partial charge in [0.25, 0.3) is 0 Å². The summed E-state index contributed by atoms with van der Waals surface area (Å²) in [5.41, 5.74) is 10.5. The predicted octanol–water partition coefficient (Wildman–Crippen LogP) is 8.97. The van der Waals surface area contributed by atoms with Crippen LogP contribution >= 0.6 is 0 Å². The van der Waals surface area contributed by atoms with E-state index in [0.29, 0.717) is 0 Å². The van der Waals surface area contributed by atoms with E-state index in [1.165, 1.54) is 71.4 Å². The van der Waals surface area contributed by atoms with E-state index in [4.69, 9.17) is 0 Å². The van der Waals surface area contributed by atoms with Crippen molar-refractivity contribution in [2.24, 2.45) is 0 Å². The molecule has 2 nitrogen and oxygen atoms in total. The summed E-state index contributed by atoms with van der Waals surface area (Å²) in [5, 5.41) is 6.72. The molecular weight excluding hydrogens is 412 g/mol. The van der Waals surface area contributed by atoms with E-state index in [1.54, 1.807) is 0 Å². The lowest BCUT2D eigenvalue weighted by atomic mass is 9.97. The van der Waals surface area contributed by atoms with Crippen LogP contribution < -0.4 is 0 Å². The van der Waals surface area contributed by atoms with Crippen molar-refractivity contribution in [3.8, 4) is 11.1 Å². The standard InChI is InChI=1S/C30H20N2.C2H6/c1-2-8-18(9-3-1)19-14-15-25-22(16-19)23-17-24-20-10-4-6-12-26(20)32-27-13-7-5-11-21(27)28(30(24)32)29(23)31-25;1-2/h1-3,5-9,11-17,31H,4,10H2;1-2H3. The van der Waals surface area contributed by atoms with Gasteiger partial charge in [0.1, 0.15) is 0 Å². The molecule has 0 amide bonds. The molecule has 2 heteroatoms. The Morgan fingerprint density at radius 3 is 2.44 bits per heavy atom. The minimum Gasteiger partial charge on any atom is -0.354 e. The van der Waals surface area contributed by atoms with Crippen molar-refractivity contribution in [3.05, 3.63) is 96.2 Å². The van der Waals surface area contributed by atoms with E-state index in [1.807, 2.05) is 13.8 Å². The van der Waals surface area contributed by atoms with Gasteiger partial charge in [-0.2, -0.15) is 0 Å². The molecule has 3 heterocycles. The van der Waals surface area contributed by atoms with Crippen LogP contribution in [-0.4, -0.2) is 9.38 Å². The van der Waals surface area contributed by atoms with E-state index in [0.717, 1.165) is 12.8 Å². The van der Waals surface area contributed by atoms with Gasteiger partial charge in [0.15, 0.2) is 0 Å². The van der Waals surface area contributed by atoms with Crippen LogP contribution in [0.1, 0.15) is 31.5 Å². The van der Waals surface area contributed by atoms with Crippen LogP contribution in [0, 0.1) is 0 Å². The largest absolute Gasteiger partial charge is 0.354 e. The van der Waals surface area contributed by atoms with Crippen LogP contribution in [0.3, 0.4) is 0 Å². The van der Waals surface area contributed by atoms with Crippen LogP contribution in [0.2, 0.25) is 0 Å². The molecule has 0 fully saturated rings. The average molecular weight is 439 g/mol. The number of nitrogens with zero attached hydrogens (tertiary/aromatic N) is 1. The molecule has 0 aliphatic heterocycles. The SMILES string of the molecule is C1=Cc2c(c3cc4c5cc(-c6ccccc6)ccc5[nH]c4c4c5ccccc5n2c34)CC1.CC. The molecule has 4 aromatic carbocycles. The molecule has 0 saturated heterocycles. The van der Waals surface area contributed by atoms with E-state index in [-0.39, 0.29) is 0 Å². The summed E-state index contributed by atoms with van der Waals surface area (Å²) in [7, 11) is 0. The van der Waals surface area contributed by atoms with Crippen LogP contribution in [0.4, 0.5) is 0 Å². The third-order valence-electron chi connectivity index (χ3n) is 7.33. The Hall–Kier alpha value is -4.04. The molecule has 3 aromatic heterocycles. The van der Waals surface area contributed by atoms with Gasteiger partial charge in [0.05, 0.1) is 16.6 Å². The van der Waals surface area contributed by atoms with E-state index >= 15 is 0 Å². The summed E-state index contributed by atoms with van der Waals surface area (Å²) in [4.78, 5) is 3.79. The quantitative estimate of drug-likeness (QED) is 0.264. The Morgan fingerprint density at radius 1 is 0.735 bits per heavy atom. The molecule has 164 valence electrons. The number of nitrogens with one attached hydrogen (secondary N) is 1. The number of H-pyrrole nitrogens is 1. The summed E-state index contributed by atoms with van der Waals surface area (Å²) in [6.07, 6.45) is 6.87. The Bertz CT molecular complexity index is 1860. The number of para-hydroxylation sites is 1. The molecule has 34 heavy (non-hydrogen) atoms. The number of hydrogen-bond donors (Lipinski definition) is 1. The summed E-state index contributed by atoms with van der Waals surface area (Å²) in [5.74, 6) is 0. The first kappa shape index (κ1) is 19.4. The molecule has 0 atom stereocenters. The fourth-order valence-corrected chi connectivity index (χ4v) is 5.94. The lowest BCUT2D eigenvalue weighted by Crippen LogP contribution is -1.94. The molecule has 1 N–H and O–H groups in total. The summed E-state index contributed by atoms with van der Waals surface area (Å²) < 4.78 is 2.49. The average Bonchev–Trinajstić information content (AvgIpc) is 3.56. The monoisotopic (exact) mass is 438 g/mol. The van der Waals surface area contributed by atoms with Gasteiger partial charge in [-0.1, -0.05) is 74.5 Å². The number of hydrogen-bond acceptors (Lipinski definition) is 0. The molecule has 1 aliphatic rings. The Morgan fingerprint density at radius 2 is 1.56 bits per heavy atom. The van der Waals surface area contributed by atoms with Gasteiger partial charge >= 0.3 is 0 Å². The highest BCUT2D eigenvalue weighted by molar-refractivity contribution is 6.30. The maximum atomic E-state index is 3.79. The number of fused-ring (bicyclic) bond motifs is 10. The van der Waals surface area contributed by atoms with Crippen molar-refractivity contribution >= 4 is 55.1 Å². The van der Waals surface area contributed by atoms with Crippen LogP contribution in [-0.2, 0) is 6.42 Å². The highest BCUT2D eigenvalue weighted by Gasteiger charge is 2.24. The Balaban J connectivity index is 0.000000977. The summed E-state index contributed by atoms with van der Waals surface area (Å²) >= 11 is 0. The first-order valence-electron chi connectivity index (χ1n) is 12.4. The minimum atomic E-state index is 1.11. The zero-order valence-corrected chi connectivity index (χ0v) is 19.5. The minimum absolute atomic E-state index is 1.11. The summed E-state index contributed by atoms with van der Waals surface area (Å²) in [6, 6.07) is 28.8. The van der Waals surface area contributed by atoms with Crippen LogP contribution in [0.15, 0.2) is 84.9 Å². The normalized spacial score (nSPS) is 13.2. The molecule has 0 bridgehead atoms. The number of aromatic nitrogens is 2. The molecule has 8 rings (SSSR count). The van der Waals surface area contributed by atoms with Gasteiger partial charge in [0, 0.05) is 38.1 Å². The molecule has 1 aliphatic carbocycles. The molecule has 7 aromatic rings. The van der Waals surface area contributed by atoms with Gasteiger partial charge in [0.2, 0.25) is 0 Å².